The summed E-state index contributed by atoms with van der Waals surface area (Å²) in [4.78, 5) is 26.8. The van der Waals surface area contributed by atoms with Crippen molar-refractivity contribution in [1.29, 1.82) is 0 Å². The van der Waals surface area contributed by atoms with Crippen LogP contribution in [-0.2, 0) is 16.0 Å². The number of morpholine rings is 2. The van der Waals surface area contributed by atoms with Crippen molar-refractivity contribution in [2.75, 3.05) is 69.4 Å². The van der Waals surface area contributed by atoms with Crippen molar-refractivity contribution < 1.29 is 24.1 Å². The van der Waals surface area contributed by atoms with E-state index in [1.54, 1.807) is 6.07 Å². The lowest BCUT2D eigenvalue weighted by molar-refractivity contribution is 0.0339. The Kier molecular flexibility index (Phi) is 7.45. The minimum Gasteiger partial charge on any atom is -0.505 e. The number of carbonyl (C=O) groups is 1. The Labute approximate surface area is 209 Å². The van der Waals surface area contributed by atoms with Crippen LogP contribution in [0.1, 0.15) is 23.0 Å². The molecular formula is C26H31N5O5. The minimum absolute atomic E-state index is 0.117. The Bertz CT molecular complexity index is 1220. The molecule has 2 aromatic carbocycles. The number of rotatable bonds is 7. The smallest absolute Gasteiger partial charge is 0.279 e. The summed E-state index contributed by atoms with van der Waals surface area (Å²) in [7, 11) is 0. The summed E-state index contributed by atoms with van der Waals surface area (Å²) in [6.45, 7) is 8.12. The molecule has 0 unspecified atom stereocenters. The van der Waals surface area contributed by atoms with Gasteiger partial charge in [0, 0.05) is 44.0 Å². The highest BCUT2D eigenvalue weighted by atomic mass is 16.5. The SMILES string of the molecule is CCOc1nc2ccccc2nc1C(=O)Nc1cc(CN2CCOCC2)c(O)c(N2CCOCC2)c1. The van der Waals surface area contributed by atoms with Crippen LogP contribution in [0.4, 0.5) is 11.4 Å². The quantitative estimate of drug-likeness (QED) is 0.480. The molecule has 10 heteroatoms. The van der Waals surface area contributed by atoms with E-state index in [0.29, 0.717) is 75.1 Å². The highest BCUT2D eigenvalue weighted by Crippen LogP contribution is 2.36. The summed E-state index contributed by atoms with van der Waals surface area (Å²) in [6, 6.07) is 11.0. The molecule has 0 spiro atoms. The Morgan fingerprint density at radius 2 is 1.69 bits per heavy atom. The third kappa shape index (κ3) is 5.35. The van der Waals surface area contributed by atoms with E-state index in [0.717, 1.165) is 18.7 Å². The average Bonchev–Trinajstić information content (AvgIpc) is 2.91. The van der Waals surface area contributed by atoms with Crippen molar-refractivity contribution in [3.8, 4) is 11.6 Å². The molecule has 10 nitrogen and oxygen atoms in total. The molecule has 2 aliphatic rings. The highest BCUT2D eigenvalue weighted by molar-refractivity contribution is 6.05. The first-order chi connectivity index (χ1) is 17.6. The van der Waals surface area contributed by atoms with E-state index in [9.17, 15) is 9.90 Å². The summed E-state index contributed by atoms with van der Waals surface area (Å²) < 4.78 is 16.6. The second-order valence-corrected chi connectivity index (χ2v) is 8.74. The molecule has 2 N–H and O–H groups in total. The number of phenolic OH excluding ortho intramolecular Hbond substituents is 1. The number of carbonyl (C=O) groups excluding carboxylic acids is 1. The molecule has 3 heterocycles. The lowest BCUT2D eigenvalue weighted by atomic mass is 10.1. The molecule has 2 aliphatic heterocycles. The van der Waals surface area contributed by atoms with Crippen molar-refractivity contribution in [2.45, 2.75) is 13.5 Å². The number of hydrogen-bond acceptors (Lipinski definition) is 9. The van der Waals surface area contributed by atoms with Gasteiger partial charge in [0.2, 0.25) is 5.88 Å². The predicted molar refractivity (Wildman–Crippen MR) is 136 cm³/mol. The van der Waals surface area contributed by atoms with Crippen LogP contribution in [0.5, 0.6) is 11.6 Å². The molecule has 1 amide bonds. The number of phenols is 1. The molecular weight excluding hydrogens is 462 g/mol. The summed E-state index contributed by atoms with van der Waals surface area (Å²) in [5, 5.41) is 14.2. The molecule has 36 heavy (non-hydrogen) atoms. The molecule has 2 fully saturated rings. The van der Waals surface area contributed by atoms with Crippen molar-refractivity contribution in [2.24, 2.45) is 0 Å². The fraction of sp³-hybridized carbons (Fsp3) is 0.423. The number of aromatic nitrogens is 2. The maximum atomic E-state index is 13.4. The summed E-state index contributed by atoms with van der Waals surface area (Å²) in [5.74, 6) is -0.0102. The number of nitrogens with one attached hydrogen (secondary N) is 1. The fourth-order valence-electron chi connectivity index (χ4n) is 4.48. The van der Waals surface area contributed by atoms with Gasteiger partial charge in [0.05, 0.1) is 49.8 Å². The molecule has 190 valence electrons. The van der Waals surface area contributed by atoms with Gasteiger partial charge in [0.25, 0.3) is 5.91 Å². The number of nitrogens with zero attached hydrogens (tertiary/aromatic N) is 4. The van der Waals surface area contributed by atoms with E-state index in [1.807, 2.05) is 37.3 Å². The van der Waals surface area contributed by atoms with Crippen molar-refractivity contribution in [3.05, 3.63) is 47.7 Å². The topological polar surface area (TPSA) is 109 Å². The molecule has 0 atom stereocenters. The van der Waals surface area contributed by atoms with Crippen molar-refractivity contribution in [1.82, 2.24) is 14.9 Å². The Morgan fingerprint density at radius 1 is 1.03 bits per heavy atom. The summed E-state index contributed by atoms with van der Waals surface area (Å²) in [6.07, 6.45) is 0. The number of fused-ring (bicyclic) bond motifs is 1. The maximum Gasteiger partial charge on any atom is 0.279 e. The van der Waals surface area contributed by atoms with Gasteiger partial charge in [-0.2, -0.15) is 0 Å². The molecule has 0 bridgehead atoms. The number of ether oxygens (including phenoxy) is 3. The lowest BCUT2D eigenvalue weighted by Crippen LogP contribution is -2.37. The number of para-hydroxylation sites is 2. The van der Waals surface area contributed by atoms with E-state index in [4.69, 9.17) is 14.2 Å². The van der Waals surface area contributed by atoms with Crippen molar-refractivity contribution >= 4 is 28.3 Å². The van der Waals surface area contributed by atoms with E-state index >= 15 is 0 Å². The van der Waals surface area contributed by atoms with Crippen LogP contribution < -0.4 is 15.0 Å². The fourth-order valence-corrected chi connectivity index (χ4v) is 4.48. The third-order valence-electron chi connectivity index (χ3n) is 6.31. The normalized spacial score (nSPS) is 16.8. The van der Waals surface area contributed by atoms with Crippen molar-refractivity contribution in [3.63, 3.8) is 0 Å². The van der Waals surface area contributed by atoms with Gasteiger partial charge < -0.3 is 29.5 Å². The van der Waals surface area contributed by atoms with Crippen LogP contribution >= 0.6 is 0 Å². The van der Waals surface area contributed by atoms with Crippen LogP contribution in [0.2, 0.25) is 0 Å². The molecule has 1 aromatic heterocycles. The molecule has 0 radical (unpaired) electrons. The molecule has 0 saturated carbocycles. The van der Waals surface area contributed by atoms with Crippen LogP contribution in [-0.4, -0.2) is 85.1 Å². The maximum absolute atomic E-state index is 13.4. The Morgan fingerprint density at radius 3 is 2.39 bits per heavy atom. The van der Waals surface area contributed by atoms with Gasteiger partial charge in [-0.25, -0.2) is 9.97 Å². The van der Waals surface area contributed by atoms with Crippen LogP contribution in [0, 0.1) is 0 Å². The zero-order valence-electron chi connectivity index (χ0n) is 20.4. The number of benzene rings is 2. The third-order valence-corrected chi connectivity index (χ3v) is 6.31. The van der Waals surface area contributed by atoms with E-state index in [2.05, 4.69) is 25.1 Å². The second kappa shape index (κ2) is 11.1. The van der Waals surface area contributed by atoms with Crippen LogP contribution in [0.15, 0.2) is 36.4 Å². The van der Waals surface area contributed by atoms with E-state index in [-0.39, 0.29) is 17.3 Å². The molecule has 0 aliphatic carbocycles. The summed E-state index contributed by atoms with van der Waals surface area (Å²) in [5.41, 5.74) is 3.37. The van der Waals surface area contributed by atoms with Crippen LogP contribution in [0.3, 0.4) is 0 Å². The first kappa shape index (κ1) is 24.2. The Hall–Kier alpha value is -3.47. The van der Waals surface area contributed by atoms with E-state index < -0.39 is 5.91 Å². The van der Waals surface area contributed by atoms with E-state index in [1.165, 1.54) is 0 Å². The largest absolute Gasteiger partial charge is 0.505 e. The molecule has 3 aromatic rings. The minimum atomic E-state index is -0.423. The number of hydrogen-bond donors (Lipinski definition) is 2. The van der Waals surface area contributed by atoms with Gasteiger partial charge in [-0.05, 0) is 31.2 Å². The first-order valence-electron chi connectivity index (χ1n) is 12.3. The zero-order valence-corrected chi connectivity index (χ0v) is 20.4. The summed E-state index contributed by atoms with van der Waals surface area (Å²) >= 11 is 0. The van der Waals surface area contributed by atoms with Gasteiger partial charge in [-0.15, -0.1) is 0 Å². The second-order valence-electron chi connectivity index (χ2n) is 8.74. The standard InChI is InChI=1S/C26H31N5O5/c1-2-36-26-23(28-20-5-3-4-6-21(20)29-26)25(33)27-19-15-18(17-30-7-11-34-12-8-30)24(32)22(16-19)31-9-13-35-14-10-31/h3-6,15-16,32H,2,7-14,17H2,1H3,(H,27,33). The van der Waals surface area contributed by atoms with Gasteiger partial charge in [-0.3, -0.25) is 9.69 Å². The Balaban J connectivity index is 1.48. The zero-order chi connectivity index (χ0) is 24.9. The monoisotopic (exact) mass is 493 g/mol. The highest BCUT2D eigenvalue weighted by Gasteiger charge is 2.23. The number of amides is 1. The predicted octanol–water partition coefficient (Wildman–Crippen LogP) is 2.66. The van der Waals surface area contributed by atoms with Gasteiger partial charge >= 0.3 is 0 Å². The molecule has 2 saturated heterocycles. The number of aromatic hydroxyl groups is 1. The van der Waals surface area contributed by atoms with Gasteiger partial charge in [0.15, 0.2) is 5.69 Å². The lowest BCUT2D eigenvalue weighted by Gasteiger charge is -2.32. The average molecular weight is 494 g/mol. The van der Waals surface area contributed by atoms with Gasteiger partial charge in [0.1, 0.15) is 5.75 Å². The first-order valence-corrected chi connectivity index (χ1v) is 12.3. The van der Waals surface area contributed by atoms with Crippen LogP contribution in [0.25, 0.3) is 11.0 Å². The number of anilines is 2. The van der Waals surface area contributed by atoms with Gasteiger partial charge in [-0.1, -0.05) is 12.1 Å². The molecule has 5 rings (SSSR count).